The monoisotopic (exact) mass is 233 g/mol. The van der Waals surface area contributed by atoms with Crippen LogP contribution in [-0.2, 0) is 6.54 Å². The van der Waals surface area contributed by atoms with E-state index in [4.69, 9.17) is 0 Å². The first-order valence-electron chi connectivity index (χ1n) is 6.63. The molecule has 1 aliphatic heterocycles. The van der Waals surface area contributed by atoms with Gasteiger partial charge in [0.1, 0.15) is 0 Å². The summed E-state index contributed by atoms with van der Waals surface area (Å²) in [7, 11) is 2.20. The van der Waals surface area contributed by atoms with Gasteiger partial charge >= 0.3 is 0 Å². The fraction of sp³-hybridized carbons (Fsp3) is 0.643. The largest absolute Gasteiger partial charge is 0.317 e. The zero-order chi connectivity index (χ0) is 11.9. The number of nitrogens with one attached hydrogen (secondary N) is 1. The maximum Gasteiger partial charge on any atom is 0.0312 e. The topological polar surface area (TPSA) is 28.2 Å². The molecule has 0 aromatic carbocycles. The van der Waals surface area contributed by atoms with Crippen molar-refractivity contribution < 1.29 is 0 Å². The van der Waals surface area contributed by atoms with E-state index in [0.29, 0.717) is 0 Å². The molecule has 17 heavy (non-hydrogen) atoms. The molecule has 3 heteroatoms. The molecule has 2 heterocycles. The number of piperidine rings is 1. The Morgan fingerprint density at radius 2 is 2.24 bits per heavy atom. The van der Waals surface area contributed by atoms with Crippen molar-refractivity contribution in [3.05, 3.63) is 30.1 Å². The van der Waals surface area contributed by atoms with Gasteiger partial charge in [-0.1, -0.05) is 6.07 Å². The van der Waals surface area contributed by atoms with E-state index in [1.807, 2.05) is 18.5 Å². The Labute approximate surface area is 104 Å². The van der Waals surface area contributed by atoms with E-state index in [9.17, 15) is 0 Å². The average Bonchev–Trinajstić information content (AvgIpc) is 2.39. The van der Waals surface area contributed by atoms with Crippen LogP contribution < -0.4 is 5.32 Å². The number of hydrogen-bond acceptors (Lipinski definition) is 3. The van der Waals surface area contributed by atoms with Gasteiger partial charge in [0, 0.05) is 18.9 Å². The summed E-state index contributed by atoms with van der Waals surface area (Å²) in [6.45, 7) is 4.62. The van der Waals surface area contributed by atoms with Gasteiger partial charge in [0.25, 0.3) is 0 Å². The van der Waals surface area contributed by atoms with E-state index >= 15 is 0 Å². The van der Waals surface area contributed by atoms with Crippen molar-refractivity contribution in [1.82, 2.24) is 15.2 Å². The van der Waals surface area contributed by atoms with Crippen molar-refractivity contribution in [2.75, 3.05) is 26.7 Å². The molecule has 0 spiro atoms. The summed E-state index contributed by atoms with van der Waals surface area (Å²) in [6, 6.07) is 4.16. The Morgan fingerprint density at radius 3 is 2.94 bits per heavy atom. The van der Waals surface area contributed by atoms with Gasteiger partial charge in [0.15, 0.2) is 0 Å². The quantitative estimate of drug-likeness (QED) is 0.842. The molecular weight excluding hydrogens is 210 g/mol. The van der Waals surface area contributed by atoms with Crippen LogP contribution in [0.25, 0.3) is 0 Å². The zero-order valence-corrected chi connectivity index (χ0v) is 10.7. The molecule has 1 fully saturated rings. The van der Waals surface area contributed by atoms with E-state index < -0.39 is 0 Å². The molecule has 0 bridgehead atoms. The molecule has 2 rings (SSSR count). The van der Waals surface area contributed by atoms with Crippen molar-refractivity contribution in [2.45, 2.75) is 25.8 Å². The van der Waals surface area contributed by atoms with Crippen molar-refractivity contribution in [3.8, 4) is 0 Å². The summed E-state index contributed by atoms with van der Waals surface area (Å²) in [5, 5.41) is 3.42. The summed E-state index contributed by atoms with van der Waals surface area (Å²) in [5.74, 6) is 0.924. The molecule has 3 nitrogen and oxygen atoms in total. The SMILES string of the molecule is CN(CCC1CCNCC1)Cc1cccnc1. The fourth-order valence-corrected chi connectivity index (χ4v) is 2.46. The average molecular weight is 233 g/mol. The van der Waals surface area contributed by atoms with Gasteiger partial charge in [-0.2, -0.15) is 0 Å². The summed E-state index contributed by atoms with van der Waals surface area (Å²) in [6.07, 6.45) is 7.82. The van der Waals surface area contributed by atoms with Gasteiger partial charge in [-0.05, 0) is 63.5 Å². The second kappa shape index (κ2) is 6.72. The molecule has 0 unspecified atom stereocenters. The predicted molar refractivity (Wildman–Crippen MR) is 70.8 cm³/mol. The van der Waals surface area contributed by atoms with Crippen molar-refractivity contribution in [2.24, 2.45) is 5.92 Å². The molecule has 0 radical (unpaired) electrons. The minimum Gasteiger partial charge on any atom is -0.317 e. The molecular formula is C14H23N3. The van der Waals surface area contributed by atoms with Gasteiger partial charge in [-0.15, -0.1) is 0 Å². The van der Waals surface area contributed by atoms with Gasteiger partial charge in [-0.25, -0.2) is 0 Å². The lowest BCUT2D eigenvalue weighted by molar-refractivity contribution is 0.266. The van der Waals surface area contributed by atoms with Gasteiger partial charge in [0.05, 0.1) is 0 Å². The van der Waals surface area contributed by atoms with E-state index in [1.165, 1.54) is 44.5 Å². The number of pyridine rings is 1. The highest BCUT2D eigenvalue weighted by Gasteiger charge is 2.13. The third kappa shape index (κ3) is 4.44. The standard InChI is InChI=1S/C14H23N3/c1-17(12-14-3-2-7-16-11-14)10-6-13-4-8-15-9-5-13/h2-3,7,11,13,15H,4-6,8-10,12H2,1H3. The summed E-state index contributed by atoms with van der Waals surface area (Å²) >= 11 is 0. The van der Waals surface area contributed by atoms with Crippen LogP contribution in [0.15, 0.2) is 24.5 Å². The third-order valence-corrected chi connectivity index (χ3v) is 3.55. The van der Waals surface area contributed by atoms with Crippen molar-refractivity contribution in [3.63, 3.8) is 0 Å². The van der Waals surface area contributed by atoms with Gasteiger partial charge < -0.3 is 10.2 Å². The van der Waals surface area contributed by atoms with Crippen LogP contribution >= 0.6 is 0 Å². The maximum absolute atomic E-state index is 4.15. The van der Waals surface area contributed by atoms with Crippen LogP contribution in [0.4, 0.5) is 0 Å². The molecule has 94 valence electrons. The summed E-state index contributed by atoms with van der Waals surface area (Å²) in [4.78, 5) is 6.55. The highest BCUT2D eigenvalue weighted by atomic mass is 15.1. The second-order valence-electron chi connectivity index (χ2n) is 5.08. The Kier molecular flexibility index (Phi) is 4.95. The Morgan fingerprint density at radius 1 is 1.41 bits per heavy atom. The number of nitrogens with zero attached hydrogens (tertiary/aromatic N) is 2. The number of hydrogen-bond donors (Lipinski definition) is 1. The molecule has 1 aliphatic rings. The minimum absolute atomic E-state index is 0.924. The maximum atomic E-state index is 4.15. The van der Waals surface area contributed by atoms with Crippen LogP contribution in [0.5, 0.6) is 0 Å². The minimum atomic E-state index is 0.924. The van der Waals surface area contributed by atoms with Crippen molar-refractivity contribution >= 4 is 0 Å². The van der Waals surface area contributed by atoms with E-state index in [0.717, 1.165) is 12.5 Å². The Bertz CT molecular complexity index is 307. The molecule has 1 aromatic heterocycles. The first-order chi connectivity index (χ1) is 8.34. The highest BCUT2D eigenvalue weighted by Crippen LogP contribution is 2.16. The molecule has 0 saturated carbocycles. The van der Waals surface area contributed by atoms with Crippen LogP contribution in [0, 0.1) is 5.92 Å². The summed E-state index contributed by atoms with van der Waals surface area (Å²) in [5.41, 5.74) is 1.31. The lowest BCUT2D eigenvalue weighted by Crippen LogP contribution is -2.30. The first kappa shape index (κ1) is 12.5. The number of aromatic nitrogens is 1. The smallest absolute Gasteiger partial charge is 0.0312 e. The molecule has 1 N–H and O–H groups in total. The molecule has 0 amide bonds. The van der Waals surface area contributed by atoms with Gasteiger partial charge in [0.2, 0.25) is 0 Å². The zero-order valence-electron chi connectivity index (χ0n) is 10.7. The predicted octanol–water partition coefficient (Wildman–Crippen LogP) is 1.90. The lowest BCUT2D eigenvalue weighted by atomic mass is 9.94. The van der Waals surface area contributed by atoms with E-state index in [2.05, 4.69) is 28.3 Å². The normalized spacial score (nSPS) is 17.5. The van der Waals surface area contributed by atoms with Crippen LogP contribution in [0.1, 0.15) is 24.8 Å². The van der Waals surface area contributed by atoms with E-state index in [1.54, 1.807) is 0 Å². The third-order valence-electron chi connectivity index (χ3n) is 3.55. The number of rotatable bonds is 5. The molecule has 1 saturated heterocycles. The summed E-state index contributed by atoms with van der Waals surface area (Å²) < 4.78 is 0. The molecule has 0 atom stereocenters. The van der Waals surface area contributed by atoms with Gasteiger partial charge in [-0.3, -0.25) is 4.98 Å². The van der Waals surface area contributed by atoms with E-state index in [-0.39, 0.29) is 0 Å². The van der Waals surface area contributed by atoms with Crippen LogP contribution in [0.3, 0.4) is 0 Å². The fourth-order valence-electron chi connectivity index (χ4n) is 2.46. The highest BCUT2D eigenvalue weighted by molar-refractivity contribution is 5.07. The molecule has 1 aromatic rings. The first-order valence-corrected chi connectivity index (χ1v) is 6.63. The lowest BCUT2D eigenvalue weighted by Gasteiger charge is -2.25. The molecule has 0 aliphatic carbocycles. The van der Waals surface area contributed by atoms with Crippen LogP contribution in [-0.4, -0.2) is 36.6 Å². The van der Waals surface area contributed by atoms with Crippen LogP contribution in [0.2, 0.25) is 0 Å². The Hall–Kier alpha value is -0.930. The second-order valence-corrected chi connectivity index (χ2v) is 5.08. The van der Waals surface area contributed by atoms with Crippen molar-refractivity contribution in [1.29, 1.82) is 0 Å². The Balaban J connectivity index is 1.68.